The van der Waals surface area contributed by atoms with Crippen LogP contribution in [-0.4, -0.2) is 77.7 Å². The van der Waals surface area contributed by atoms with E-state index in [0.717, 1.165) is 42.5 Å². The molecule has 0 radical (unpaired) electrons. The van der Waals surface area contributed by atoms with E-state index in [9.17, 15) is 0 Å². The summed E-state index contributed by atoms with van der Waals surface area (Å²) in [6.07, 6.45) is 3.47. The monoisotopic (exact) mass is 623 g/mol. The van der Waals surface area contributed by atoms with E-state index in [0.29, 0.717) is 0 Å². The SMILES string of the molecule is COc1ccc(CCN(CC(C)(c2ccc(OC)c(OC)c2)C2(C)SCCCS2)C2(C)SCCCS2)cc1OC. The first-order chi connectivity index (χ1) is 19.2. The van der Waals surface area contributed by atoms with Crippen molar-refractivity contribution in [1.29, 1.82) is 0 Å². The van der Waals surface area contributed by atoms with E-state index in [1.165, 1.54) is 47.0 Å². The highest BCUT2D eigenvalue weighted by atomic mass is 32.2. The van der Waals surface area contributed by atoms with Gasteiger partial charge in [0.15, 0.2) is 23.0 Å². The van der Waals surface area contributed by atoms with Gasteiger partial charge in [-0.2, -0.15) is 0 Å². The number of benzene rings is 2. The molecular formula is C31H45NO4S4. The lowest BCUT2D eigenvalue weighted by Crippen LogP contribution is -2.56. The van der Waals surface area contributed by atoms with Crippen LogP contribution in [0.3, 0.4) is 0 Å². The fraction of sp³-hybridized carbons (Fsp3) is 0.613. The first-order valence-corrected chi connectivity index (χ1v) is 17.9. The number of hydrogen-bond acceptors (Lipinski definition) is 9. The van der Waals surface area contributed by atoms with Crippen molar-refractivity contribution in [2.24, 2.45) is 0 Å². The minimum atomic E-state index is -0.137. The van der Waals surface area contributed by atoms with Crippen LogP contribution in [0.25, 0.3) is 0 Å². The molecule has 2 saturated heterocycles. The predicted molar refractivity (Wildman–Crippen MR) is 178 cm³/mol. The van der Waals surface area contributed by atoms with Gasteiger partial charge in [-0.3, -0.25) is 4.90 Å². The molecule has 4 rings (SSSR count). The van der Waals surface area contributed by atoms with Crippen molar-refractivity contribution in [1.82, 2.24) is 4.90 Å². The Balaban J connectivity index is 1.73. The second-order valence-electron chi connectivity index (χ2n) is 10.7. The van der Waals surface area contributed by atoms with E-state index in [-0.39, 0.29) is 13.7 Å². The zero-order valence-corrected chi connectivity index (χ0v) is 28.3. The first kappa shape index (κ1) is 31.9. The summed E-state index contributed by atoms with van der Waals surface area (Å²) in [5.41, 5.74) is 2.43. The molecule has 2 heterocycles. The van der Waals surface area contributed by atoms with Crippen LogP contribution in [0, 0.1) is 0 Å². The Morgan fingerprint density at radius 2 is 1.25 bits per heavy atom. The van der Waals surface area contributed by atoms with Gasteiger partial charge < -0.3 is 18.9 Å². The van der Waals surface area contributed by atoms with Gasteiger partial charge >= 0.3 is 0 Å². The molecule has 2 aliphatic heterocycles. The quantitative estimate of drug-likeness (QED) is 0.237. The van der Waals surface area contributed by atoms with Crippen LogP contribution < -0.4 is 18.9 Å². The fourth-order valence-corrected chi connectivity index (χ4v) is 11.9. The van der Waals surface area contributed by atoms with Gasteiger partial charge in [-0.1, -0.05) is 19.1 Å². The normalized spacial score (nSPS) is 20.0. The molecule has 2 aromatic rings. The minimum Gasteiger partial charge on any atom is -0.493 e. The smallest absolute Gasteiger partial charge is 0.161 e. The molecule has 222 valence electrons. The van der Waals surface area contributed by atoms with Crippen LogP contribution in [0.5, 0.6) is 23.0 Å². The van der Waals surface area contributed by atoms with Gasteiger partial charge in [0.25, 0.3) is 0 Å². The summed E-state index contributed by atoms with van der Waals surface area (Å²) in [4.78, 5) is 2.76. The van der Waals surface area contributed by atoms with Crippen LogP contribution >= 0.6 is 47.0 Å². The summed E-state index contributed by atoms with van der Waals surface area (Å²) < 4.78 is 22.6. The molecule has 2 fully saturated rings. The van der Waals surface area contributed by atoms with Crippen molar-refractivity contribution in [3.8, 4) is 23.0 Å². The highest BCUT2D eigenvalue weighted by Crippen LogP contribution is 2.57. The lowest BCUT2D eigenvalue weighted by Gasteiger charge is -2.53. The van der Waals surface area contributed by atoms with E-state index in [2.05, 4.69) is 103 Å². The Kier molecular flexibility index (Phi) is 11.2. The standard InChI is InChI=1S/C31H45NO4S4/c1-29(30(2)37-16-8-17-38-30,24-11-13-26(34-5)28(21-24)36-7)22-32(31(3)39-18-9-19-40-31)15-14-23-10-12-25(33-4)27(20-23)35-6/h10-13,20-21H,8-9,14-19,22H2,1-7H3. The first-order valence-electron chi connectivity index (χ1n) is 14.0. The Hall–Kier alpha value is -1.000. The van der Waals surface area contributed by atoms with Crippen LogP contribution in [0.15, 0.2) is 36.4 Å². The summed E-state index contributed by atoms with van der Waals surface area (Å²) in [5, 5.41) is 0. The Morgan fingerprint density at radius 3 is 1.82 bits per heavy atom. The van der Waals surface area contributed by atoms with Gasteiger partial charge in [0.1, 0.15) is 4.20 Å². The number of ether oxygens (including phenoxy) is 4. The molecule has 40 heavy (non-hydrogen) atoms. The van der Waals surface area contributed by atoms with Crippen molar-refractivity contribution in [2.75, 3.05) is 64.5 Å². The Labute approximate surface area is 258 Å². The number of hydrogen-bond donors (Lipinski definition) is 0. The highest BCUT2D eigenvalue weighted by molar-refractivity contribution is 8.19. The number of rotatable bonds is 12. The van der Waals surface area contributed by atoms with E-state index in [4.69, 9.17) is 18.9 Å². The number of thioether (sulfide) groups is 4. The van der Waals surface area contributed by atoms with Gasteiger partial charge in [-0.15, -0.1) is 47.0 Å². The largest absolute Gasteiger partial charge is 0.493 e. The summed E-state index contributed by atoms with van der Waals surface area (Å²) in [5.74, 6) is 7.92. The molecule has 0 bridgehead atoms. The molecule has 2 aromatic carbocycles. The molecule has 0 spiro atoms. The number of nitrogens with zero attached hydrogens (tertiary/aromatic N) is 1. The van der Waals surface area contributed by atoms with Gasteiger partial charge in [-0.25, -0.2) is 0 Å². The molecule has 1 atom stereocenters. The maximum Gasteiger partial charge on any atom is 0.161 e. The maximum absolute atomic E-state index is 5.80. The molecule has 9 heteroatoms. The zero-order chi connectivity index (χ0) is 28.8. The average molecular weight is 624 g/mol. The third-order valence-electron chi connectivity index (χ3n) is 8.29. The third kappa shape index (κ3) is 6.80. The van der Waals surface area contributed by atoms with Gasteiger partial charge in [0, 0.05) is 18.5 Å². The lowest BCUT2D eigenvalue weighted by atomic mass is 9.78. The van der Waals surface area contributed by atoms with Crippen molar-refractivity contribution in [2.45, 2.75) is 53.7 Å². The number of methoxy groups -OCH3 is 4. The average Bonchev–Trinajstić information content (AvgIpc) is 2.99. The van der Waals surface area contributed by atoms with E-state index in [1.807, 2.05) is 6.07 Å². The summed E-state index contributed by atoms with van der Waals surface area (Å²) in [6, 6.07) is 12.9. The van der Waals surface area contributed by atoms with Gasteiger partial charge in [0.2, 0.25) is 0 Å². The maximum atomic E-state index is 5.80. The molecule has 5 nitrogen and oxygen atoms in total. The van der Waals surface area contributed by atoms with E-state index < -0.39 is 0 Å². The zero-order valence-electron chi connectivity index (χ0n) is 25.0. The third-order valence-corrected chi connectivity index (χ3v) is 15.3. The van der Waals surface area contributed by atoms with Gasteiger partial charge in [-0.05, 0) is 91.5 Å². The van der Waals surface area contributed by atoms with Crippen LogP contribution in [0.2, 0.25) is 0 Å². The lowest BCUT2D eigenvalue weighted by molar-refractivity contribution is 0.187. The molecule has 0 aliphatic carbocycles. The molecule has 0 saturated carbocycles. The van der Waals surface area contributed by atoms with Gasteiger partial charge in [0.05, 0.1) is 32.5 Å². The topological polar surface area (TPSA) is 40.2 Å². The van der Waals surface area contributed by atoms with E-state index in [1.54, 1.807) is 28.4 Å². The molecule has 1 unspecified atom stereocenters. The van der Waals surface area contributed by atoms with Crippen LogP contribution in [0.1, 0.15) is 44.7 Å². The summed E-state index contributed by atoms with van der Waals surface area (Å²) in [6.45, 7) is 9.29. The Morgan fingerprint density at radius 1 is 0.725 bits per heavy atom. The molecule has 0 amide bonds. The van der Waals surface area contributed by atoms with Crippen LogP contribution in [0.4, 0.5) is 0 Å². The fourth-order valence-electron chi connectivity index (χ4n) is 5.54. The van der Waals surface area contributed by atoms with E-state index >= 15 is 0 Å². The van der Waals surface area contributed by atoms with Crippen molar-refractivity contribution in [3.05, 3.63) is 47.5 Å². The predicted octanol–water partition coefficient (Wildman–Crippen LogP) is 7.65. The minimum absolute atomic E-state index is 0.00693. The molecule has 0 aromatic heterocycles. The van der Waals surface area contributed by atoms with Crippen molar-refractivity contribution < 1.29 is 18.9 Å². The van der Waals surface area contributed by atoms with Crippen molar-refractivity contribution >= 4 is 47.0 Å². The van der Waals surface area contributed by atoms with Crippen molar-refractivity contribution in [3.63, 3.8) is 0 Å². The highest BCUT2D eigenvalue weighted by Gasteiger charge is 2.51. The van der Waals surface area contributed by atoms with Crippen LogP contribution in [-0.2, 0) is 11.8 Å². The Bertz CT molecular complexity index is 1120. The second kappa shape index (κ2) is 14.0. The molecular weight excluding hydrogens is 579 g/mol. The second-order valence-corrected chi connectivity index (χ2v) is 17.2. The summed E-state index contributed by atoms with van der Waals surface area (Å²) in [7, 11) is 6.84. The molecule has 2 aliphatic rings. The molecule has 0 N–H and O–H groups in total. The summed E-state index contributed by atoms with van der Waals surface area (Å²) >= 11 is 8.45.